The SMILES string of the molecule is N#Cc1ccccc1OCC(=O)Nc1c(Cl)c(Cl)cc(Cl)c1Cl. The predicted molar refractivity (Wildman–Crippen MR) is 91.8 cm³/mol. The summed E-state index contributed by atoms with van der Waals surface area (Å²) in [5, 5.41) is 11.9. The number of ether oxygens (including phenoxy) is 1. The highest BCUT2D eigenvalue weighted by molar-refractivity contribution is 6.50. The summed E-state index contributed by atoms with van der Waals surface area (Å²) in [6, 6.07) is 9.90. The summed E-state index contributed by atoms with van der Waals surface area (Å²) < 4.78 is 5.32. The lowest BCUT2D eigenvalue weighted by molar-refractivity contribution is -0.118. The van der Waals surface area contributed by atoms with Crippen molar-refractivity contribution in [3.8, 4) is 11.8 Å². The van der Waals surface area contributed by atoms with Gasteiger partial charge >= 0.3 is 0 Å². The molecular formula is C15H8Cl4N2O2. The number of carbonyl (C=O) groups is 1. The largest absolute Gasteiger partial charge is 0.482 e. The summed E-state index contributed by atoms with van der Waals surface area (Å²) in [5.41, 5.74) is 0.426. The molecule has 8 heteroatoms. The van der Waals surface area contributed by atoms with Gasteiger partial charge < -0.3 is 10.1 Å². The lowest BCUT2D eigenvalue weighted by Crippen LogP contribution is -2.21. The second-order valence-electron chi connectivity index (χ2n) is 4.29. The van der Waals surface area contributed by atoms with E-state index >= 15 is 0 Å². The number of benzene rings is 2. The molecule has 1 N–H and O–H groups in total. The Morgan fingerprint density at radius 3 is 2.35 bits per heavy atom. The Balaban J connectivity index is 2.11. The number of hydrogen-bond donors (Lipinski definition) is 1. The highest BCUT2D eigenvalue weighted by Gasteiger charge is 2.16. The highest BCUT2D eigenvalue weighted by atomic mass is 35.5. The molecule has 0 fully saturated rings. The first-order valence-corrected chi connectivity index (χ1v) is 7.70. The third kappa shape index (κ3) is 4.21. The van der Waals surface area contributed by atoms with Gasteiger partial charge in [-0.3, -0.25) is 4.79 Å². The first-order valence-electron chi connectivity index (χ1n) is 6.18. The standard InChI is InChI=1S/C15H8Cl4N2O2/c16-9-5-10(17)14(19)15(13(9)18)21-12(22)7-23-11-4-2-1-3-8(11)6-20/h1-5H,7H2,(H,21,22). The fourth-order valence-electron chi connectivity index (χ4n) is 1.69. The van der Waals surface area contributed by atoms with Crippen molar-refractivity contribution in [1.82, 2.24) is 0 Å². The van der Waals surface area contributed by atoms with E-state index in [4.69, 9.17) is 56.4 Å². The smallest absolute Gasteiger partial charge is 0.262 e. The summed E-state index contributed by atoms with van der Waals surface area (Å²) >= 11 is 23.8. The van der Waals surface area contributed by atoms with Crippen molar-refractivity contribution in [3.05, 3.63) is 56.0 Å². The number of nitrogens with zero attached hydrogens (tertiary/aromatic N) is 1. The molecule has 0 spiro atoms. The van der Waals surface area contributed by atoms with E-state index in [1.54, 1.807) is 24.3 Å². The van der Waals surface area contributed by atoms with Crippen LogP contribution in [0.25, 0.3) is 0 Å². The second-order valence-corrected chi connectivity index (χ2v) is 5.86. The van der Waals surface area contributed by atoms with Crippen molar-refractivity contribution in [2.45, 2.75) is 0 Å². The van der Waals surface area contributed by atoms with Crippen LogP contribution >= 0.6 is 46.4 Å². The van der Waals surface area contributed by atoms with E-state index < -0.39 is 5.91 Å². The van der Waals surface area contributed by atoms with Gasteiger partial charge in [-0.25, -0.2) is 0 Å². The number of anilines is 1. The van der Waals surface area contributed by atoms with Crippen molar-refractivity contribution in [1.29, 1.82) is 5.26 Å². The molecule has 0 saturated carbocycles. The van der Waals surface area contributed by atoms with Gasteiger partial charge in [0.1, 0.15) is 11.8 Å². The van der Waals surface area contributed by atoms with Crippen LogP contribution in [0.2, 0.25) is 20.1 Å². The quantitative estimate of drug-likeness (QED) is 0.732. The number of hydrogen-bond acceptors (Lipinski definition) is 3. The maximum Gasteiger partial charge on any atom is 0.262 e. The number of nitriles is 1. The predicted octanol–water partition coefficient (Wildman–Crippen LogP) is 5.19. The number of halogens is 4. The molecule has 0 aliphatic carbocycles. The van der Waals surface area contributed by atoms with Crippen LogP contribution < -0.4 is 10.1 Å². The molecular weight excluding hydrogens is 382 g/mol. The Kier molecular flexibility index (Phi) is 5.97. The first kappa shape index (κ1) is 17.7. The van der Waals surface area contributed by atoms with E-state index in [0.717, 1.165) is 0 Å². The maximum atomic E-state index is 12.0. The van der Waals surface area contributed by atoms with E-state index in [9.17, 15) is 4.79 Å². The Morgan fingerprint density at radius 1 is 1.13 bits per heavy atom. The lowest BCUT2D eigenvalue weighted by atomic mass is 10.2. The van der Waals surface area contributed by atoms with Gasteiger partial charge in [0.25, 0.3) is 5.91 Å². The monoisotopic (exact) mass is 388 g/mol. The van der Waals surface area contributed by atoms with Crippen LogP contribution in [0.4, 0.5) is 5.69 Å². The molecule has 0 radical (unpaired) electrons. The van der Waals surface area contributed by atoms with Crippen molar-refractivity contribution < 1.29 is 9.53 Å². The Labute approximate surface area is 152 Å². The van der Waals surface area contributed by atoms with Crippen molar-refractivity contribution in [3.63, 3.8) is 0 Å². The fraction of sp³-hybridized carbons (Fsp3) is 0.0667. The normalized spacial score (nSPS) is 10.0. The van der Waals surface area contributed by atoms with Crippen LogP contribution in [0.1, 0.15) is 5.56 Å². The van der Waals surface area contributed by atoms with Gasteiger partial charge in [0, 0.05) is 0 Å². The van der Waals surface area contributed by atoms with Gasteiger partial charge in [0.2, 0.25) is 0 Å². The zero-order valence-electron chi connectivity index (χ0n) is 11.4. The average molecular weight is 390 g/mol. The molecule has 23 heavy (non-hydrogen) atoms. The molecule has 0 aliphatic heterocycles. The van der Waals surface area contributed by atoms with Gasteiger partial charge in [0.05, 0.1) is 31.3 Å². The second kappa shape index (κ2) is 7.76. The number of amides is 1. The maximum absolute atomic E-state index is 12.0. The fourth-order valence-corrected chi connectivity index (χ4v) is 2.59. The molecule has 2 aromatic carbocycles. The van der Waals surface area contributed by atoms with Crippen molar-refractivity contribution >= 4 is 58.0 Å². The van der Waals surface area contributed by atoms with Crippen LogP contribution in [-0.4, -0.2) is 12.5 Å². The first-order chi connectivity index (χ1) is 10.9. The number of nitrogens with one attached hydrogen (secondary N) is 1. The van der Waals surface area contributed by atoms with E-state index in [1.165, 1.54) is 6.07 Å². The molecule has 0 aromatic heterocycles. The minimum atomic E-state index is -0.528. The average Bonchev–Trinajstić information content (AvgIpc) is 2.55. The molecule has 0 bridgehead atoms. The molecule has 0 aliphatic rings. The zero-order chi connectivity index (χ0) is 17.0. The van der Waals surface area contributed by atoms with Crippen molar-refractivity contribution in [2.24, 2.45) is 0 Å². The Bertz CT molecular complexity index is 777. The lowest BCUT2D eigenvalue weighted by Gasteiger charge is -2.12. The third-order valence-electron chi connectivity index (χ3n) is 2.74. The summed E-state index contributed by atoms with van der Waals surface area (Å²) in [6.07, 6.45) is 0. The summed E-state index contributed by atoms with van der Waals surface area (Å²) in [7, 11) is 0. The van der Waals surface area contributed by atoms with Gasteiger partial charge in [-0.2, -0.15) is 5.26 Å². The molecule has 2 aromatic rings. The van der Waals surface area contributed by atoms with Gasteiger partial charge in [-0.05, 0) is 18.2 Å². The minimum Gasteiger partial charge on any atom is -0.482 e. The van der Waals surface area contributed by atoms with E-state index in [2.05, 4.69) is 5.32 Å². The molecule has 0 unspecified atom stereocenters. The highest BCUT2D eigenvalue weighted by Crippen LogP contribution is 2.40. The molecule has 0 saturated heterocycles. The van der Waals surface area contributed by atoms with Crippen LogP contribution in [0.5, 0.6) is 5.75 Å². The Morgan fingerprint density at radius 2 is 1.74 bits per heavy atom. The van der Waals surface area contributed by atoms with Gasteiger partial charge in [-0.15, -0.1) is 0 Å². The summed E-state index contributed by atoms with van der Waals surface area (Å²) in [5.74, 6) is -0.230. The van der Waals surface area contributed by atoms with Gasteiger partial charge in [0.15, 0.2) is 6.61 Å². The topological polar surface area (TPSA) is 62.1 Å². The summed E-state index contributed by atoms with van der Waals surface area (Å²) in [6.45, 7) is -0.338. The van der Waals surface area contributed by atoms with Crippen LogP contribution in [0.15, 0.2) is 30.3 Å². The van der Waals surface area contributed by atoms with Crippen LogP contribution in [-0.2, 0) is 4.79 Å². The number of para-hydroxylation sites is 1. The molecule has 1 amide bonds. The minimum absolute atomic E-state index is 0.0758. The van der Waals surface area contributed by atoms with Crippen LogP contribution in [0.3, 0.4) is 0 Å². The number of carbonyl (C=O) groups excluding carboxylic acids is 1. The van der Waals surface area contributed by atoms with E-state index in [-0.39, 0.29) is 32.4 Å². The molecule has 0 heterocycles. The number of rotatable bonds is 4. The molecule has 0 atom stereocenters. The molecule has 118 valence electrons. The van der Waals surface area contributed by atoms with E-state index in [1.807, 2.05) is 6.07 Å². The van der Waals surface area contributed by atoms with Gasteiger partial charge in [-0.1, -0.05) is 58.5 Å². The third-order valence-corrected chi connectivity index (χ3v) is 4.32. The molecule has 4 nitrogen and oxygen atoms in total. The Hall–Kier alpha value is -1.64. The van der Waals surface area contributed by atoms with Crippen molar-refractivity contribution in [2.75, 3.05) is 11.9 Å². The zero-order valence-corrected chi connectivity index (χ0v) is 14.4. The van der Waals surface area contributed by atoms with E-state index in [0.29, 0.717) is 11.3 Å². The molecule has 2 rings (SSSR count). The summed E-state index contributed by atoms with van der Waals surface area (Å²) in [4.78, 5) is 12.0. The van der Waals surface area contributed by atoms with Crippen LogP contribution in [0, 0.1) is 11.3 Å².